The predicted molar refractivity (Wildman–Crippen MR) is 84.6 cm³/mol. The summed E-state index contributed by atoms with van der Waals surface area (Å²) in [7, 11) is 0. The zero-order valence-electron chi connectivity index (χ0n) is 11.6. The van der Waals surface area contributed by atoms with Gasteiger partial charge in [-0.3, -0.25) is 0 Å². The SMILES string of the molecule is Oc1ccc(/C=N/Nc2nncc(-c3ccccc3)n2)cc1. The maximum Gasteiger partial charge on any atom is 0.263 e. The highest BCUT2D eigenvalue weighted by Crippen LogP contribution is 2.15. The van der Waals surface area contributed by atoms with E-state index in [1.54, 1.807) is 36.7 Å². The number of nitrogens with one attached hydrogen (secondary N) is 1. The minimum absolute atomic E-state index is 0.216. The quantitative estimate of drug-likeness (QED) is 0.570. The minimum atomic E-state index is 0.216. The molecule has 0 aliphatic heterocycles. The third-order valence-corrected chi connectivity index (χ3v) is 2.90. The van der Waals surface area contributed by atoms with Crippen LogP contribution < -0.4 is 5.43 Å². The van der Waals surface area contributed by atoms with E-state index in [1.165, 1.54) is 0 Å². The number of hydrazone groups is 1. The van der Waals surface area contributed by atoms with Gasteiger partial charge in [-0.25, -0.2) is 10.4 Å². The number of benzene rings is 2. The van der Waals surface area contributed by atoms with Gasteiger partial charge < -0.3 is 5.11 Å². The molecule has 0 saturated carbocycles. The summed E-state index contributed by atoms with van der Waals surface area (Å²) >= 11 is 0. The Kier molecular flexibility index (Phi) is 4.01. The molecule has 0 aliphatic rings. The average molecular weight is 291 g/mol. The number of phenolic OH excluding ortho intramolecular Hbond substituents is 1. The van der Waals surface area contributed by atoms with E-state index in [0.29, 0.717) is 5.95 Å². The first kappa shape index (κ1) is 13.7. The van der Waals surface area contributed by atoms with Crippen molar-refractivity contribution in [2.45, 2.75) is 0 Å². The zero-order valence-corrected chi connectivity index (χ0v) is 11.6. The third-order valence-electron chi connectivity index (χ3n) is 2.90. The number of hydrogen-bond donors (Lipinski definition) is 2. The second-order valence-corrected chi connectivity index (χ2v) is 4.49. The molecule has 0 amide bonds. The Bertz CT molecular complexity index is 772. The van der Waals surface area contributed by atoms with E-state index in [9.17, 15) is 5.11 Å². The number of rotatable bonds is 4. The van der Waals surface area contributed by atoms with Crippen LogP contribution >= 0.6 is 0 Å². The van der Waals surface area contributed by atoms with E-state index in [-0.39, 0.29) is 5.75 Å². The van der Waals surface area contributed by atoms with Crippen LogP contribution in [-0.4, -0.2) is 26.5 Å². The monoisotopic (exact) mass is 291 g/mol. The van der Waals surface area contributed by atoms with Gasteiger partial charge >= 0.3 is 0 Å². The molecule has 0 atom stereocenters. The molecule has 6 nitrogen and oxygen atoms in total. The maximum absolute atomic E-state index is 9.21. The van der Waals surface area contributed by atoms with E-state index in [2.05, 4.69) is 25.7 Å². The average Bonchev–Trinajstić information content (AvgIpc) is 2.58. The van der Waals surface area contributed by atoms with E-state index in [0.717, 1.165) is 16.8 Å². The third kappa shape index (κ3) is 3.43. The van der Waals surface area contributed by atoms with E-state index >= 15 is 0 Å². The summed E-state index contributed by atoms with van der Waals surface area (Å²) in [6, 6.07) is 16.4. The molecule has 0 bridgehead atoms. The number of aromatic hydroxyl groups is 1. The van der Waals surface area contributed by atoms with Crippen LogP contribution in [0.15, 0.2) is 65.9 Å². The Morgan fingerprint density at radius 3 is 2.55 bits per heavy atom. The van der Waals surface area contributed by atoms with E-state index in [4.69, 9.17) is 0 Å². The van der Waals surface area contributed by atoms with Gasteiger partial charge in [0.15, 0.2) is 0 Å². The normalized spacial score (nSPS) is 10.7. The molecule has 0 fully saturated rings. The molecule has 3 rings (SSSR count). The Hall–Kier alpha value is -3.28. The van der Waals surface area contributed by atoms with Crippen molar-refractivity contribution in [3.8, 4) is 17.0 Å². The molecule has 108 valence electrons. The Balaban J connectivity index is 1.72. The van der Waals surface area contributed by atoms with Gasteiger partial charge in [0, 0.05) is 5.56 Å². The van der Waals surface area contributed by atoms with E-state index < -0.39 is 0 Å². The number of anilines is 1. The number of hydrogen-bond acceptors (Lipinski definition) is 6. The van der Waals surface area contributed by atoms with Crippen LogP contribution in [-0.2, 0) is 0 Å². The second-order valence-electron chi connectivity index (χ2n) is 4.49. The summed E-state index contributed by atoms with van der Waals surface area (Å²) in [5.74, 6) is 0.532. The zero-order chi connectivity index (χ0) is 15.2. The highest BCUT2D eigenvalue weighted by Gasteiger charge is 2.01. The van der Waals surface area contributed by atoms with Crippen molar-refractivity contribution in [3.63, 3.8) is 0 Å². The molecule has 6 heteroatoms. The van der Waals surface area contributed by atoms with Crippen LogP contribution in [0.5, 0.6) is 5.75 Å². The molecule has 0 saturated heterocycles. The van der Waals surface area contributed by atoms with Gasteiger partial charge in [-0.2, -0.15) is 10.2 Å². The van der Waals surface area contributed by atoms with Gasteiger partial charge in [0.25, 0.3) is 5.95 Å². The molecule has 0 aliphatic carbocycles. The van der Waals surface area contributed by atoms with E-state index in [1.807, 2.05) is 30.3 Å². The second kappa shape index (κ2) is 6.45. The first-order chi connectivity index (χ1) is 10.8. The predicted octanol–water partition coefficient (Wildman–Crippen LogP) is 2.69. The fourth-order valence-corrected chi connectivity index (χ4v) is 1.82. The highest BCUT2D eigenvalue weighted by molar-refractivity contribution is 5.80. The summed E-state index contributed by atoms with van der Waals surface area (Å²) < 4.78 is 0. The summed E-state index contributed by atoms with van der Waals surface area (Å²) in [6.45, 7) is 0. The van der Waals surface area contributed by atoms with Gasteiger partial charge in [0.05, 0.1) is 18.1 Å². The molecule has 1 heterocycles. The van der Waals surface area contributed by atoms with Crippen molar-refractivity contribution in [1.82, 2.24) is 15.2 Å². The van der Waals surface area contributed by atoms with Crippen LogP contribution in [0.25, 0.3) is 11.3 Å². The van der Waals surface area contributed by atoms with Gasteiger partial charge in [0.1, 0.15) is 5.75 Å². The first-order valence-corrected chi connectivity index (χ1v) is 6.64. The number of nitrogens with zero attached hydrogens (tertiary/aromatic N) is 4. The van der Waals surface area contributed by atoms with Crippen molar-refractivity contribution >= 4 is 12.2 Å². The lowest BCUT2D eigenvalue weighted by atomic mass is 10.2. The summed E-state index contributed by atoms with van der Waals surface area (Å²) in [4.78, 5) is 4.35. The molecule has 0 unspecified atom stereocenters. The smallest absolute Gasteiger partial charge is 0.263 e. The van der Waals surface area contributed by atoms with Crippen molar-refractivity contribution in [3.05, 3.63) is 66.4 Å². The number of phenols is 1. The van der Waals surface area contributed by atoms with Gasteiger partial charge in [-0.1, -0.05) is 30.3 Å². The molecule has 2 N–H and O–H groups in total. The van der Waals surface area contributed by atoms with Gasteiger partial charge in [-0.05, 0) is 29.8 Å². The van der Waals surface area contributed by atoms with Crippen LogP contribution in [0.2, 0.25) is 0 Å². The van der Waals surface area contributed by atoms with Gasteiger partial charge in [-0.15, -0.1) is 5.10 Å². The van der Waals surface area contributed by atoms with Crippen LogP contribution in [0, 0.1) is 0 Å². The minimum Gasteiger partial charge on any atom is -0.508 e. The summed E-state index contributed by atoms with van der Waals surface area (Å²) in [5, 5.41) is 21.1. The van der Waals surface area contributed by atoms with Crippen LogP contribution in [0.1, 0.15) is 5.56 Å². The molecule has 3 aromatic rings. The molecular weight excluding hydrogens is 278 g/mol. The van der Waals surface area contributed by atoms with Crippen molar-refractivity contribution in [2.24, 2.45) is 5.10 Å². The molecule has 0 radical (unpaired) electrons. The Morgan fingerprint density at radius 1 is 1.00 bits per heavy atom. The lowest BCUT2D eigenvalue weighted by Gasteiger charge is -2.02. The Labute approximate surface area is 127 Å². The first-order valence-electron chi connectivity index (χ1n) is 6.64. The van der Waals surface area contributed by atoms with Crippen molar-refractivity contribution < 1.29 is 5.11 Å². The largest absolute Gasteiger partial charge is 0.508 e. The fraction of sp³-hybridized carbons (Fsp3) is 0. The summed E-state index contributed by atoms with van der Waals surface area (Å²) in [6.07, 6.45) is 3.21. The van der Waals surface area contributed by atoms with Crippen LogP contribution in [0.4, 0.5) is 5.95 Å². The lowest BCUT2D eigenvalue weighted by Crippen LogP contribution is -1.99. The molecule has 0 spiro atoms. The van der Waals surface area contributed by atoms with Crippen molar-refractivity contribution in [1.29, 1.82) is 0 Å². The van der Waals surface area contributed by atoms with Crippen molar-refractivity contribution in [2.75, 3.05) is 5.43 Å². The number of aromatic nitrogens is 3. The molecule has 1 aromatic heterocycles. The maximum atomic E-state index is 9.21. The lowest BCUT2D eigenvalue weighted by molar-refractivity contribution is 0.475. The molecule has 22 heavy (non-hydrogen) atoms. The van der Waals surface area contributed by atoms with Crippen LogP contribution in [0.3, 0.4) is 0 Å². The topological polar surface area (TPSA) is 83.3 Å². The molecular formula is C16H13N5O. The standard InChI is InChI=1S/C16H13N5O/c22-14-8-6-12(7-9-14)10-17-20-16-19-15(11-18-21-16)13-4-2-1-3-5-13/h1-11,22H,(H,19,20,21)/b17-10+. The summed E-state index contributed by atoms with van der Waals surface area (Å²) in [5.41, 5.74) is 5.27. The van der Waals surface area contributed by atoms with Gasteiger partial charge in [0.2, 0.25) is 0 Å². The highest BCUT2D eigenvalue weighted by atomic mass is 16.3. The molecule has 2 aromatic carbocycles. The Morgan fingerprint density at radius 2 is 1.77 bits per heavy atom. The fourth-order valence-electron chi connectivity index (χ4n) is 1.82.